The fourth-order valence-electron chi connectivity index (χ4n) is 1.71. The van der Waals surface area contributed by atoms with Crippen molar-refractivity contribution in [3.63, 3.8) is 0 Å². The second-order valence-electron chi connectivity index (χ2n) is 4.35. The number of benzene rings is 1. The Morgan fingerprint density at radius 2 is 2.24 bits per heavy atom. The zero-order valence-corrected chi connectivity index (χ0v) is 11.5. The van der Waals surface area contributed by atoms with Gasteiger partial charge < -0.3 is 11.1 Å². The second-order valence-corrected chi connectivity index (χ2v) is 4.35. The van der Waals surface area contributed by atoms with Crippen molar-refractivity contribution in [2.24, 2.45) is 5.73 Å². The molecule has 4 nitrogen and oxygen atoms in total. The first-order valence-corrected chi connectivity index (χ1v) is 6.32. The largest absolute Gasteiger partial charge is 0.320 e. The molecule has 1 aromatic carbocycles. The van der Waals surface area contributed by atoms with Crippen molar-refractivity contribution in [1.29, 1.82) is 0 Å². The van der Waals surface area contributed by atoms with Crippen molar-refractivity contribution in [2.75, 3.05) is 11.9 Å². The van der Waals surface area contributed by atoms with E-state index in [-0.39, 0.29) is 12.1 Å². The summed E-state index contributed by atoms with van der Waals surface area (Å²) in [7, 11) is 0. The van der Waals surface area contributed by atoms with E-state index in [1.165, 1.54) is 18.3 Å². The lowest BCUT2D eigenvalue weighted by atomic mass is 10.1. The van der Waals surface area contributed by atoms with Gasteiger partial charge in [0.1, 0.15) is 5.82 Å². The third kappa shape index (κ3) is 3.65. The third-order valence-electron chi connectivity index (χ3n) is 2.84. The second kappa shape index (κ2) is 6.64. The van der Waals surface area contributed by atoms with Crippen molar-refractivity contribution in [2.45, 2.75) is 6.92 Å². The summed E-state index contributed by atoms with van der Waals surface area (Å²) in [5.41, 5.74) is 7.09. The van der Waals surface area contributed by atoms with Gasteiger partial charge in [-0.05, 0) is 36.8 Å². The molecule has 1 amide bonds. The number of carbonyl (C=O) groups is 1. The van der Waals surface area contributed by atoms with E-state index in [1.54, 1.807) is 18.3 Å². The Labute approximate surface area is 122 Å². The van der Waals surface area contributed by atoms with E-state index in [0.29, 0.717) is 11.3 Å². The van der Waals surface area contributed by atoms with Crippen LogP contribution in [-0.2, 0) is 0 Å². The molecule has 0 fully saturated rings. The number of nitrogens with one attached hydrogen (secondary N) is 1. The number of rotatable bonds is 2. The molecule has 0 unspecified atom stereocenters. The number of anilines is 1. The topological polar surface area (TPSA) is 68.0 Å². The van der Waals surface area contributed by atoms with E-state index in [2.05, 4.69) is 22.1 Å². The molecule has 3 N–H and O–H groups in total. The lowest BCUT2D eigenvalue weighted by molar-refractivity contribution is 0.102. The first-order valence-electron chi connectivity index (χ1n) is 6.32. The number of halogens is 1. The SMILES string of the molecule is Cc1ccncc1NC(=O)c1ccc(C#CCN)cc1F. The molecule has 0 atom stereocenters. The number of hydrogen-bond acceptors (Lipinski definition) is 3. The molecule has 2 rings (SSSR count). The summed E-state index contributed by atoms with van der Waals surface area (Å²) in [5.74, 6) is 4.19. The van der Waals surface area contributed by atoms with Crippen LogP contribution in [0.3, 0.4) is 0 Å². The number of carbonyl (C=O) groups excluding carboxylic acids is 1. The van der Waals surface area contributed by atoms with Crippen LogP contribution in [0.1, 0.15) is 21.5 Å². The van der Waals surface area contributed by atoms with Gasteiger partial charge in [0.2, 0.25) is 0 Å². The molecule has 0 saturated carbocycles. The Balaban J connectivity index is 2.22. The lowest BCUT2D eigenvalue weighted by Gasteiger charge is -2.08. The number of aromatic nitrogens is 1. The fourth-order valence-corrected chi connectivity index (χ4v) is 1.71. The number of aryl methyl sites for hydroxylation is 1. The molecule has 21 heavy (non-hydrogen) atoms. The molecule has 0 saturated heterocycles. The van der Waals surface area contributed by atoms with Crippen LogP contribution in [0.15, 0.2) is 36.7 Å². The van der Waals surface area contributed by atoms with E-state index in [1.807, 2.05) is 6.92 Å². The third-order valence-corrected chi connectivity index (χ3v) is 2.84. The Morgan fingerprint density at radius 1 is 1.43 bits per heavy atom. The average molecular weight is 283 g/mol. The van der Waals surface area contributed by atoms with Crippen LogP contribution in [0.2, 0.25) is 0 Å². The minimum Gasteiger partial charge on any atom is -0.320 e. The Hall–Kier alpha value is -2.71. The summed E-state index contributed by atoms with van der Waals surface area (Å²) in [6, 6.07) is 5.96. The molecule has 0 spiro atoms. The molecule has 0 radical (unpaired) electrons. The van der Waals surface area contributed by atoms with E-state index >= 15 is 0 Å². The minimum absolute atomic E-state index is 0.0449. The molecular formula is C16H14FN3O. The summed E-state index contributed by atoms with van der Waals surface area (Å²) in [5, 5.41) is 2.63. The van der Waals surface area contributed by atoms with Crippen LogP contribution in [0.5, 0.6) is 0 Å². The van der Waals surface area contributed by atoms with E-state index in [4.69, 9.17) is 5.73 Å². The van der Waals surface area contributed by atoms with Crippen LogP contribution in [0, 0.1) is 24.6 Å². The van der Waals surface area contributed by atoms with Gasteiger partial charge in [0.15, 0.2) is 0 Å². The molecule has 106 valence electrons. The Kier molecular flexibility index (Phi) is 4.64. The van der Waals surface area contributed by atoms with E-state index < -0.39 is 11.7 Å². The molecule has 5 heteroatoms. The van der Waals surface area contributed by atoms with Crippen LogP contribution in [-0.4, -0.2) is 17.4 Å². The zero-order chi connectivity index (χ0) is 15.2. The number of nitrogens with two attached hydrogens (primary N) is 1. The maximum Gasteiger partial charge on any atom is 0.258 e. The van der Waals surface area contributed by atoms with Crippen LogP contribution in [0.25, 0.3) is 0 Å². The summed E-state index contributed by atoms with van der Waals surface area (Å²) in [6.45, 7) is 2.03. The summed E-state index contributed by atoms with van der Waals surface area (Å²) >= 11 is 0. The van der Waals surface area contributed by atoms with Gasteiger partial charge in [0.05, 0.1) is 24.0 Å². The van der Waals surface area contributed by atoms with E-state index in [0.717, 1.165) is 5.56 Å². The molecule has 1 aromatic heterocycles. The first kappa shape index (κ1) is 14.7. The number of nitrogens with zero attached hydrogens (tertiary/aromatic N) is 1. The molecule has 2 aromatic rings. The van der Waals surface area contributed by atoms with Crippen molar-refractivity contribution in [3.05, 3.63) is 59.2 Å². The number of hydrogen-bond donors (Lipinski definition) is 2. The van der Waals surface area contributed by atoms with Gasteiger partial charge in [-0.2, -0.15) is 0 Å². The fraction of sp³-hybridized carbons (Fsp3) is 0.125. The van der Waals surface area contributed by atoms with Crippen molar-refractivity contribution < 1.29 is 9.18 Å². The number of pyridine rings is 1. The van der Waals surface area contributed by atoms with Gasteiger partial charge in [-0.15, -0.1) is 0 Å². The summed E-state index contributed by atoms with van der Waals surface area (Å²) < 4.78 is 14.0. The summed E-state index contributed by atoms with van der Waals surface area (Å²) in [6.07, 6.45) is 3.14. The lowest BCUT2D eigenvalue weighted by Crippen LogP contribution is -2.14. The predicted octanol–water partition coefficient (Wildman–Crippen LogP) is 2.09. The first-order chi connectivity index (χ1) is 10.1. The highest BCUT2D eigenvalue weighted by molar-refractivity contribution is 6.04. The highest BCUT2D eigenvalue weighted by Gasteiger charge is 2.13. The Morgan fingerprint density at radius 3 is 2.90 bits per heavy atom. The summed E-state index contributed by atoms with van der Waals surface area (Å²) in [4.78, 5) is 16.0. The molecule has 0 aliphatic rings. The standard InChI is InChI=1S/C16H14FN3O/c1-11-6-8-19-10-15(11)20-16(21)13-5-4-12(3-2-7-18)9-14(13)17/h4-6,8-10H,7,18H2,1H3,(H,20,21). The maximum absolute atomic E-state index is 14.0. The monoisotopic (exact) mass is 283 g/mol. The quantitative estimate of drug-likeness (QED) is 0.829. The number of amides is 1. The molecule has 0 aliphatic carbocycles. The smallest absolute Gasteiger partial charge is 0.258 e. The van der Waals surface area contributed by atoms with Gasteiger partial charge in [0.25, 0.3) is 5.91 Å². The van der Waals surface area contributed by atoms with Crippen molar-refractivity contribution in [1.82, 2.24) is 4.98 Å². The molecular weight excluding hydrogens is 269 g/mol. The van der Waals surface area contributed by atoms with Crippen LogP contribution >= 0.6 is 0 Å². The molecule has 0 bridgehead atoms. The van der Waals surface area contributed by atoms with Gasteiger partial charge in [-0.25, -0.2) is 4.39 Å². The van der Waals surface area contributed by atoms with E-state index in [9.17, 15) is 9.18 Å². The maximum atomic E-state index is 14.0. The molecule has 1 heterocycles. The molecule has 0 aliphatic heterocycles. The highest BCUT2D eigenvalue weighted by Crippen LogP contribution is 2.15. The average Bonchev–Trinajstić information content (AvgIpc) is 2.47. The zero-order valence-electron chi connectivity index (χ0n) is 11.5. The van der Waals surface area contributed by atoms with Gasteiger partial charge >= 0.3 is 0 Å². The predicted molar refractivity (Wildman–Crippen MR) is 79.3 cm³/mol. The van der Waals surface area contributed by atoms with Gasteiger partial charge in [-0.1, -0.05) is 11.8 Å². The Bertz CT molecular complexity index is 732. The van der Waals surface area contributed by atoms with Crippen LogP contribution < -0.4 is 11.1 Å². The van der Waals surface area contributed by atoms with Crippen molar-refractivity contribution >= 4 is 11.6 Å². The van der Waals surface area contributed by atoms with Crippen molar-refractivity contribution in [3.8, 4) is 11.8 Å². The van der Waals surface area contributed by atoms with Gasteiger partial charge in [0, 0.05) is 11.8 Å². The van der Waals surface area contributed by atoms with Gasteiger partial charge in [-0.3, -0.25) is 9.78 Å². The highest BCUT2D eigenvalue weighted by atomic mass is 19.1. The minimum atomic E-state index is -0.627. The normalized spacial score (nSPS) is 9.67. The van der Waals surface area contributed by atoms with Crippen LogP contribution in [0.4, 0.5) is 10.1 Å².